The molecule has 73 heavy (non-hydrogen) atoms. The summed E-state index contributed by atoms with van der Waals surface area (Å²) in [6.45, 7) is 1.93. The van der Waals surface area contributed by atoms with E-state index >= 15 is 0 Å². The fraction of sp³-hybridized carbons (Fsp3) is 0.673. The van der Waals surface area contributed by atoms with E-state index in [9.17, 15) is 48.3 Å². The number of ketones is 1. The van der Waals surface area contributed by atoms with Crippen LogP contribution in [0.15, 0.2) is 77.8 Å². The first-order valence-corrected chi connectivity index (χ1v) is 29.2. The number of hydrogen-bond donors (Lipinski definition) is 5. The largest absolute Gasteiger partial charge is 0.481 e. The van der Waals surface area contributed by atoms with Crippen molar-refractivity contribution in [3.05, 3.63) is 83.5 Å². The second-order valence-electron chi connectivity index (χ2n) is 18.1. The lowest BCUT2D eigenvalue weighted by Crippen LogP contribution is -2.36. The molecule has 7 atom stereocenters. The van der Waals surface area contributed by atoms with E-state index in [1.165, 1.54) is 44.6 Å². The van der Waals surface area contributed by atoms with Crippen molar-refractivity contribution in [1.29, 1.82) is 0 Å². The number of hydrogen-bond acceptors (Lipinski definition) is 16. The fourth-order valence-corrected chi connectivity index (χ4v) is 9.54. The molecule has 414 valence electrons. The van der Waals surface area contributed by atoms with Gasteiger partial charge in [-0.15, -0.1) is 0 Å². The molecule has 0 aliphatic carbocycles. The Bertz CT molecular complexity index is 2020. The van der Waals surface area contributed by atoms with Crippen LogP contribution in [0.1, 0.15) is 181 Å². The molecule has 0 bridgehead atoms. The van der Waals surface area contributed by atoms with Gasteiger partial charge in [0.05, 0.1) is 13.2 Å². The van der Waals surface area contributed by atoms with Crippen LogP contribution < -0.4 is 11.4 Å². The zero-order chi connectivity index (χ0) is 53.6. The molecule has 0 amide bonds. The highest BCUT2D eigenvalue weighted by atomic mass is 31.3. The first-order chi connectivity index (χ1) is 35.1. The Hall–Kier alpha value is -3.87. The third kappa shape index (κ3) is 32.2. The van der Waals surface area contributed by atoms with E-state index in [4.69, 9.17) is 29.0 Å². The molecule has 0 radical (unpaired) electrons. The number of phosphoric acid groups is 2. The summed E-state index contributed by atoms with van der Waals surface area (Å²) < 4.78 is 56.7. The summed E-state index contributed by atoms with van der Waals surface area (Å²) in [6, 6.07) is 1.24. The molecule has 2 unspecified atom stereocenters. The van der Waals surface area contributed by atoms with Crippen molar-refractivity contribution in [2.45, 2.75) is 205 Å². The number of nitrogen functional groups attached to an aromatic ring is 1. The number of ether oxygens (including phenoxy) is 3. The van der Waals surface area contributed by atoms with Gasteiger partial charge in [0, 0.05) is 25.5 Å². The Morgan fingerprint density at radius 1 is 0.699 bits per heavy atom. The number of unbranched alkanes of at least 4 members (excludes halogenated alkanes) is 16. The molecule has 1 aromatic rings. The minimum atomic E-state index is -5.45. The molecule has 1 saturated heterocycles. The quantitative estimate of drug-likeness (QED) is 0.0101. The number of carbonyl (C=O) groups is 3. The van der Waals surface area contributed by atoms with E-state index in [1.54, 1.807) is 12.2 Å². The Labute approximate surface area is 432 Å². The highest BCUT2D eigenvalue weighted by Gasteiger charge is 2.46. The first-order valence-electron chi connectivity index (χ1n) is 26.3. The standard InChI is InChI=1S/C52H85N3O16P2/c1-3-5-7-8-9-10-11-12-13-14-15-16-19-23-26-29-33-37-48(58)69-44(40-66-47(57)36-32-28-25-22-20-17-18-21-24-27-31-35-43(56)34-30-6-4-2)41-67-72(62,63)71-73(64,65)68-42-45-49(59)50(60)51(70-45)55-39-38-46(53)54-52(55)61/h12-13,17-18,22,24-25,27,31,35,38-39,44-45,49-51,59-60H,3-11,14-16,19-21,23,26,28-30,32-34,36-37,40-42H2,1-2H3,(H,62,63)(H,64,65)(H2,53,54,61)/b13-12-,18-17-,25-22-,27-24-,35-31+/t44-,45-,49-,50-,51-/m1/s1. The molecular formula is C52H85N3O16P2. The van der Waals surface area contributed by atoms with Crippen LogP contribution in [0.5, 0.6) is 0 Å². The van der Waals surface area contributed by atoms with Gasteiger partial charge in [0.25, 0.3) is 0 Å². The molecule has 1 fully saturated rings. The minimum Gasteiger partial charge on any atom is -0.462 e. The normalized spacial score (nSPS) is 19.4. The summed E-state index contributed by atoms with van der Waals surface area (Å²) in [4.78, 5) is 73.7. The average molecular weight is 1070 g/mol. The number of rotatable bonds is 43. The molecule has 0 aromatic carbocycles. The summed E-state index contributed by atoms with van der Waals surface area (Å²) >= 11 is 0. The smallest absolute Gasteiger partial charge is 0.462 e. The van der Waals surface area contributed by atoms with Gasteiger partial charge < -0.3 is 39.9 Å². The van der Waals surface area contributed by atoms with Crippen LogP contribution >= 0.6 is 15.6 Å². The molecular weight excluding hydrogens is 985 g/mol. The Morgan fingerprint density at radius 3 is 1.92 bits per heavy atom. The third-order valence-corrected chi connectivity index (χ3v) is 14.2. The van der Waals surface area contributed by atoms with Crippen LogP contribution in [-0.4, -0.2) is 91.5 Å². The molecule has 1 aromatic heterocycles. The Morgan fingerprint density at radius 2 is 1.25 bits per heavy atom. The zero-order valence-electron chi connectivity index (χ0n) is 43.2. The van der Waals surface area contributed by atoms with E-state index in [1.807, 2.05) is 36.5 Å². The van der Waals surface area contributed by atoms with Crippen LogP contribution in [0.25, 0.3) is 0 Å². The molecule has 2 rings (SSSR count). The van der Waals surface area contributed by atoms with Gasteiger partial charge in [0.2, 0.25) is 0 Å². The third-order valence-electron chi connectivity index (χ3n) is 11.6. The highest BCUT2D eigenvalue weighted by molar-refractivity contribution is 7.61. The number of allylic oxidation sites excluding steroid dienone is 10. The van der Waals surface area contributed by atoms with E-state index in [0.717, 1.165) is 87.8 Å². The number of nitrogens with zero attached hydrogens (tertiary/aromatic N) is 2. The van der Waals surface area contributed by atoms with Crippen LogP contribution in [-0.2, 0) is 51.1 Å². The summed E-state index contributed by atoms with van der Waals surface area (Å²) in [5, 5.41) is 20.9. The van der Waals surface area contributed by atoms with E-state index < -0.39 is 83.7 Å². The van der Waals surface area contributed by atoms with Crippen molar-refractivity contribution >= 4 is 39.2 Å². The predicted molar refractivity (Wildman–Crippen MR) is 280 cm³/mol. The first kappa shape index (κ1) is 65.2. The van der Waals surface area contributed by atoms with Gasteiger partial charge in [-0.1, -0.05) is 146 Å². The van der Waals surface area contributed by atoms with Gasteiger partial charge in [-0.2, -0.15) is 9.29 Å². The molecule has 0 spiro atoms. The number of aromatic nitrogens is 2. The number of nitrogens with two attached hydrogens (primary N) is 1. The number of carbonyl (C=O) groups excluding carboxylic acids is 3. The maximum absolute atomic E-state index is 12.9. The van der Waals surface area contributed by atoms with E-state index in [0.29, 0.717) is 32.1 Å². The van der Waals surface area contributed by atoms with Crippen molar-refractivity contribution in [2.24, 2.45) is 0 Å². The summed E-state index contributed by atoms with van der Waals surface area (Å²) in [7, 11) is -10.9. The molecule has 19 nitrogen and oxygen atoms in total. The highest BCUT2D eigenvalue weighted by Crippen LogP contribution is 2.60. The maximum Gasteiger partial charge on any atom is 0.481 e. The average Bonchev–Trinajstić information content (AvgIpc) is 3.62. The van der Waals surface area contributed by atoms with E-state index in [-0.39, 0.29) is 24.4 Å². The van der Waals surface area contributed by atoms with Gasteiger partial charge in [-0.25, -0.2) is 13.9 Å². The molecule has 1 aliphatic rings. The Kier molecular flexibility index (Phi) is 35.3. The lowest BCUT2D eigenvalue weighted by Gasteiger charge is -2.21. The van der Waals surface area contributed by atoms with E-state index in [2.05, 4.69) is 35.3 Å². The van der Waals surface area contributed by atoms with Crippen LogP contribution in [0.3, 0.4) is 0 Å². The molecule has 6 N–H and O–H groups in total. The number of aliphatic hydroxyl groups excluding tert-OH is 2. The topological polar surface area (TPSA) is 283 Å². The lowest BCUT2D eigenvalue weighted by atomic mass is 10.1. The maximum atomic E-state index is 12.9. The fourth-order valence-electron chi connectivity index (χ4n) is 7.43. The molecule has 2 heterocycles. The van der Waals surface area contributed by atoms with Gasteiger partial charge >= 0.3 is 33.3 Å². The van der Waals surface area contributed by atoms with Gasteiger partial charge in [0.1, 0.15) is 30.7 Å². The Balaban J connectivity index is 1.83. The lowest BCUT2D eigenvalue weighted by molar-refractivity contribution is -0.161. The zero-order valence-corrected chi connectivity index (χ0v) is 45.0. The summed E-state index contributed by atoms with van der Waals surface area (Å²) in [5.41, 5.74) is 4.58. The number of phosphoric ester groups is 2. The number of aliphatic hydroxyl groups is 2. The van der Waals surface area contributed by atoms with Crippen molar-refractivity contribution in [2.75, 3.05) is 25.6 Å². The summed E-state index contributed by atoms with van der Waals surface area (Å²) in [5.74, 6) is -1.28. The van der Waals surface area contributed by atoms with Gasteiger partial charge in [0.15, 0.2) is 18.1 Å². The van der Waals surface area contributed by atoms with Crippen molar-refractivity contribution in [1.82, 2.24) is 9.55 Å². The van der Waals surface area contributed by atoms with Crippen molar-refractivity contribution < 1.29 is 71.1 Å². The second-order valence-corrected chi connectivity index (χ2v) is 21.1. The van der Waals surface area contributed by atoms with Gasteiger partial charge in [-0.05, 0) is 76.4 Å². The molecule has 1 aliphatic heterocycles. The second kappa shape index (κ2) is 39.5. The summed E-state index contributed by atoms with van der Waals surface area (Å²) in [6.07, 6.45) is 35.7. The predicted octanol–water partition coefficient (Wildman–Crippen LogP) is 10.3. The van der Waals surface area contributed by atoms with Gasteiger partial charge in [-0.3, -0.25) is 28.0 Å². The SMILES string of the molecule is CCCCCCCC/C=C\CCCCCCCCCC(=O)O[C@H](COC(=O)CCC/C=C\C/C=C\C/C=C\C=C\C(=O)CCCCC)COP(=O)(O)OP(=O)(O)OC[C@H]1O[C@@H](n2ccc(N)nc2=O)[C@H](O)[C@@H]1O. The minimum absolute atomic E-state index is 0.0198. The molecule has 21 heteroatoms. The van der Waals surface area contributed by atoms with Crippen LogP contribution in [0, 0.1) is 0 Å². The number of anilines is 1. The number of esters is 2. The van der Waals surface area contributed by atoms with Crippen molar-refractivity contribution in [3.63, 3.8) is 0 Å². The van der Waals surface area contributed by atoms with Crippen molar-refractivity contribution in [3.8, 4) is 0 Å². The van der Waals surface area contributed by atoms with Crippen LogP contribution in [0.2, 0.25) is 0 Å². The monoisotopic (exact) mass is 1070 g/mol. The molecule has 0 saturated carbocycles. The van der Waals surface area contributed by atoms with Crippen LogP contribution in [0.4, 0.5) is 5.82 Å².